The molecule has 2 rings (SSSR count). The zero-order valence-electron chi connectivity index (χ0n) is 13.4. The average Bonchev–Trinajstić information content (AvgIpc) is 2.48. The van der Waals surface area contributed by atoms with Gasteiger partial charge in [0.2, 0.25) is 0 Å². The summed E-state index contributed by atoms with van der Waals surface area (Å²) in [6.45, 7) is 8.04. The Labute approximate surface area is 128 Å². The van der Waals surface area contributed by atoms with Gasteiger partial charge in [-0.2, -0.15) is 0 Å². The molecule has 0 aliphatic carbocycles. The molecular formula is C19H26O2. The first-order valence-corrected chi connectivity index (χ1v) is 8.04. The molecule has 2 heteroatoms. The summed E-state index contributed by atoms with van der Waals surface area (Å²) in [6.07, 6.45) is 4.51. The Hall–Kier alpha value is -1.70. The molecule has 21 heavy (non-hydrogen) atoms. The van der Waals surface area contributed by atoms with Crippen molar-refractivity contribution in [2.45, 2.75) is 46.5 Å². The highest BCUT2D eigenvalue weighted by molar-refractivity contribution is 5.86. The molecule has 114 valence electrons. The van der Waals surface area contributed by atoms with E-state index in [2.05, 4.69) is 45.0 Å². The fraction of sp³-hybridized carbons (Fsp3) is 0.474. The van der Waals surface area contributed by atoms with E-state index in [1.165, 1.54) is 16.3 Å². The van der Waals surface area contributed by atoms with Crippen LogP contribution in [-0.4, -0.2) is 13.2 Å². The van der Waals surface area contributed by atoms with Crippen LogP contribution < -0.4 is 9.47 Å². The van der Waals surface area contributed by atoms with Crippen LogP contribution in [0.5, 0.6) is 11.5 Å². The maximum Gasteiger partial charge on any atom is 0.122 e. The van der Waals surface area contributed by atoms with E-state index < -0.39 is 0 Å². The summed E-state index contributed by atoms with van der Waals surface area (Å²) < 4.78 is 11.6. The van der Waals surface area contributed by atoms with Crippen molar-refractivity contribution in [3.05, 3.63) is 35.9 Å². The highest BCUT2D eigenvalue weighted by atomic mass is 16.5. The number of unbranched alkanes of at least 4 members (excludes halogenated alkanes) is 2. The molecule has 0 aromatic heterocycles. The van der Waals surface area contributed by atoms with Gasteiger partial charge in [-0.25, -0.2) is 0 Å². The number of fused-ring (bicyclic) bond motifs is 1. The number of hydrogen-bond acceptors (Lipinski definition) is 2. The first-order valence-electron chi connectivity index (χ1n) is 8.04. The van der Waals surface area contributed by atoms with Crippen LogP contribution in [0.2, 0.25) is 0 Å². The van der Waals surface area contributed by atoms with Crippen molar-refractivity contribution in [3.8, 4) is 11.5 Å². The van der Waals surface area contributed by atoms with E-state index in [1.54, 1.807) is 0 Å². The molecule has 2 nitrogen and oxygen atoms in total. The zero-order valence-corrected chi connectivity index (χ0v) is 13.4. The van der Waals surface area contributed by atoms with Gasteiger partial charge in [-0.1, -0.05) is 32.8 Å². The largest absolute Gasteiger partial charge is 0.494 e. The second kappa shape index (κ2) is 7.92. The Morgan fingerprint density at radius 3 is 2.24 bits per heavy atom. The molecule has 0 amide bonds. The lowest BCUT2D eigenvalue weighted by Gasteiger charge is -2.11. The number of rotatable bonds is 8. The van der Waals surface area contributed by atoms with Crippen LogP contribution in [0.15, 0.2) is 30.3 Å². The van der Waals surface area contributed by atoms with Gasteiger partial charge in [0.1, 0.15) is 11.5 Å². The van der Waals surface area contributed by atoms with Crippen LogP contribution in [0.3, 0.4) is 0 Å². The highest BCUT2D eigenvalue weighted by Crippen LogP contribution is 2.28. The van der Waals surface area contributed by atoms with Gasteiger partial charge in [-0.3, -0.25) is 0 Å². The topological polar surface area (TPSA) is 18.5 Å². The molecule has 2 aromatic rings. The Kier molecular flexibility index (Phi) is 5.91. The predicted octanol–water partition coefficient (Wildman–Crippen LogP) is 5.51. The van der Waals surface area contributed by atoms with Gasteiger partial charge in [0.25, 0.3) is 0 Å². The smallest absolute Gasteiger partial charge is 0.122 e. The first kappa shape index (κ1) is 15.7. The molecular weight excluding hydrogens is 260 g/mol. The summed E-state index contributed by atoms with van der Waals surface area (Å²) in [5.74, 6) is 1.95. The average molecular weight is 286 g/mol. The Morgan fingerprint density at radius 1 is 0.810 bits per heavy atom. The molecule has 2 aromatic carbocycles. The minimum Gasteiger partial charge on any atom is -0.494 e. The minimum absolute atomic E-state index is 0.791. The molecule has 0 radical (unpaired) electrons. The van der Waals surface area contributed by atoms with E-state index >= 15 is 0 Å². The third-order valence-electron chi connectivity index (χ3n) is 3.63. The Morgan fingerprint density at radius 2 is 1.52 bits per heavy atom. The summed E-state index contributed by atoms with van der Waals surface area (Å²) in [5.41, 5.74) is 1.18. The maximum atomic E-state index is 5.86. The van der Waals surface area contributed by atoms with Crippen molar-refractivity contribution in [3.63, 3.8) is 0 Å². The monoisotopic (exact) mass is 286 g/mol. The second-order valence-corrected chi connectivity index (χ2v) is 5.53. The molecule has 0 aliphatic rings. The van der Waals surface area contributed by atoms with Crippen LogP contribution in [0, 0.1) is 6.92 Å². The minimum atomic E-state index is 0.791. The van der Waals surface area contributed by atoms with Crippen LogP contribution in [0.4, 0.5) is 0 Å². The van der Waals surface area contributed by atoms with Gasteiger partial charge in [0.15, 0.2) is 0 Å². The van der Waals surface area contributed by atoms with E-state index in [1.807, 2.05) is 6.07 Å². The molecule has 0 bridgehead atoms. The van der Waals surface area contributed by atoms with E-state index in [0.717, 1.165) is 50.4 Å². The zero-order chi connectivity index (χ0) is 15.1. The maximum absolute atomic E-state index is 5.86. The van der Waals surface area contributed by atoms with Gasteiger partial charge < -0.3 is 9.47 Å². The number of aryl methyl sites for hydroxylation is 1. The van der Waals surface area contributed by atoms with Crippen LogP contribution in [0.25, 0.3) is 10.8 Å². The van der Waals surface area contributed by atoms with Gasteiger partial charge in [-0.05, 0) is 60.4 Å². The lowest BCUT2D eigenvalue weighted by atomic mass is 10.1. The van der Waals surface area contributed by atoms with Crippen molar-refractivity contribution in [1.29, 1.82) is 0 Å². The second-order valence-electron chi connectivity index (χ2n) is 5.53. The number of hydrogen-bond donors (Lipinski definition) is 0. The Balaban J connectivity index is 2.14. The summed E-state index contributed by atoms with van der Waals surface area (Å²) in [5, 5.41) is 2.42. The summed E-state index contributed by atoms with van der Waals surface area (Å²) in [4.78, 5) is 0. The predicted molar refractivity (Wildman–Crippen MR) is 89.5 cm³/mol. The van der Waals surface area contributed by atoms with E-state index in [4.69, 9.17) is 9.47 Å². The van der Waals surface area contributed by atoms with Crippen LogP contribution in [0.1, 0.15) is 45.1 Å². The van der Waals surface area contributed by atoms with E-state index in [-0.39, 0.29) is 0 Å². The summed E-state index contributed by atoms with van der Waals surface area (Å²) in [6, 6.07) is 10.6. The van der Waals surface area contributed by atoms with Crippen LogP contribution in [-0.2, 0) is 0 Å². The van der Waals surface area contributed by atoms with Crippen molar-refractivity contribution in [2.24, 2.45) is 0 Å². The molecule has 0 atom stereocenters. The normalized spacial score (nSPS) is 10.8. The molecule has 0 saturated carbocycles. The molecule has 0 aliphatic heterocycles. The fourth-order valence-electron chi connectivity index (χ4n) is 2.27. The molecule has 0 unspecified atom stereocenters. The summed E-state index contributed by atoms with van der Waals surface area (Å²) >= 11 is 0. The number of ether oxygens (including phenoxy) is 2. The third kappa shape index (κ3) is 4.38. The first-order chi connectivity index (χ1) is 10.2. The van der Waals surface area contributed by atoms with Gasteiger partial charge in [0, 0.05) is 0 Å². The van der Waals surface area contributed by atoms with E-state index in [9.17, 15) is 0 Å². The quantitative estimate of drug-likeness (QED) is 0.596. The fourth-order valence-corrected chi connectivity index (χ4v) is 2.27. The van der Waals surface area contributed by atoms with Crippen molar-refractivity contribution in [2.75, 3.05) is 13.2 Å². The van der Waals surface area contributed by atoms with Crippen LogP contribution >= 0.6 is 0 Å². The van der Waals surface area contributed by atoms with Gasteiger partial charge in [-0.15, -0.1) is 0 Å². The van der Waals surface area contributed by atoms with E-state index in [0.29, 0.717) is 0 Å². The Bertz CT molecular complexity index is 575. The lowest BCUT2D eigenvalue weighted by Crippen LogP contribution is -1.98. The highest BCUT2D eigenvalue weighted by Gasteiger charge is 2.04. The van der Waals surface area contributed by atoms with Gasteiger partial charge in [0.05, 0.1) is 13.2 Å². The van der Waals surface area contributed by atoms with Crippen molar-refractivity contribution in [1.82, 2.24) is 0 Å². The molecule has 0 saturated heterocycles. The van der Waals surface area contributed by atoms with Crippen molar-refractivity contribution >= 4 is 10.8 Å². The van der Waals surface area contributed by atoms with Gasteiger partial charge >= 0.3 is 0 Å². The third-order valence-corrected chi connectivity index (χ3v) is 3.63. The van der Waals surface area contributed by atoms with Crippen molar-refractivity contribution < 1.29 is 9.47 Å². The lowest BCUT2D eigenvalue weighted by molar-refractivity contribution is 0.307. The number of benzene rings is 2. The molecule has 0 spiro atoms. The molecule has 0 heterocycles. The SMILES string of the molecule is CCCCOc1ccc2cc(OCCCC)c(C)cc2c1. The molecule has 0 fully saturated rings. The molecule has 0 N–H and O–H groups in total. The standard InChI is InChI=1S/C19H26O2/c1-4-6-10-20-18-9-8-16-14-19(21-11-7-5-2)15(3)12-17(16)13-18/h8-9,12-14H,4-7,10-11H2,1-3H3. The summed E-state index contributed by atoms with van der Waals surface area (Å²) in [7, 11) is 0.